The van der Waals surface area contributed by atoms with Crippen LogP contribution in [0.25, 0.3) is 16.7 Å². The number of hydrogen-bond donors (Lipinski definition) is 2. The number of halogens is 2. The molecule has 4 rings (SSSR count). The highest BCUT2D eigenvalue weighted by Crippen LogP contribution is 2.44. The fourth-order valence-corrected chi connectivity index (χ4v) is 4.73. The van der Waals surface area contributed by atoms with Crippen molar-refractivity contribution in [3.05, 3.63) is 64.1 Å². The Morgan fingerprint density at radius 1 is 1.20 bits per heavy atom. The number of ether oxygens (including phenoxy) is 1. The summed E-state index contributed by atoms with van der Waals surface area (Å²) in [5, 5.41) is 14.3. The first-order chi connectivity index (χ1) is 14.3. The predicted octanol–water partition coefficient (Wildman–Crippen LogP) is 5.43. The first kappa shape index (κ1) is 20.9. The Labute approximate surface area is 180 Å². The van der Waals surface area contributed by atoms with Crippen LogP contribution in [0.3, 0.4) is 0 Å². The summed E-state index contributed by atoms with van der Waals surface area (Å²) in [6, 6.07) is 10.2. The van der Waals surface area contributed by atoms with Crippen LogP contribution in [0, 0.1) is 18.7 Å². The van der Waals surface area contributed by atoms with Crippen LogP contribution in [0.15, 0.2) is 42.2 Å². The van der Waals surface area contributed by atoms with Gasteiger partial charge in [-0.05, 0) is 79.0 Å². The van der Waals surface area contributed by atoms with Crippen LogP contribution in [0.5, 0.6) is 0 Å². The van der Waals surface area contributed by atoms with E-state index in [1.54, 1.807) is 13.2 Å². The SMILES string of the molecule is COC[C@H]1CC[C@@]2(CC1)NC(=O)C(c1cc(-c3ccc(Cl)c(F)c3)ccc1C)=C2O. The van der Waals surface area contributed by atoms with Gasteiger partial charge in [-0.2, -0.15) is 0 Å². The molecular formula is C24H25ClFNO3. The smallest absolute Gasteiger partial charge is 0.256 e. The maximum atomic E-state index is 13.9. The molecule has 4 nitrogen and oxygen atoms in total. The van der Waals surface area contributed by atoms with E-state index in [2.05, 4.69) is 5.32 Å². The third kappa shape index (κ3) is 3.61. The number of benzene rings is 2. The molecule has 0 unspecified atom stereocenters. The van der Waals surface area contributed by atoms with Gasteiger partial charge in [-0.3, -0.25) is 4.79 Å². The minimum Gasteiger partial charge on any atom is -0.509 e. The van der Waals surface area contributed by atoms with E-state index in [9.17, 15) is 14.3 Å². The second kappa shape index (κ2) is 8.05. The molecule has 2 aromatic rings. The molecule has 1 spiro atoms. The Kier molecular flexibility index (Phi) is 5.60. The van der Waals surface area contributed by atoms with Crippen molar-refractivity contribution in [1.29, 1.82) is 0 Å². The Bertz CT molecular complexity index is 1030. The van der Waals surface area contributed by atoms with Crippen LogP contribution in [0.4, 0.5) is 4.39 Å². The largest absolute Gasteiger partial charge is 0.509 e. The number of aliphatic hydroxyl groups is 1. The molecule has 0 saturated heterocycles. The second-order valence-electron chi connectivity index (χ2n) is 8.32. The molecule has 1 fully saturated rings. The van der Waals surface area contributed by atoms with Crippen LogP contribution >= 0.6 is 11.6 Å². The Balaban J connectivity index is 1.71. The minimum absolute atomic E-state index is 0.0626. The second-order valence-corrected chi connectivity index (χ2v) is 8.72. The number of amides is 1. The van der Waals surface area contributed by atoms with E-state index in [0.29, 0.717) is 42.1 Å². The fraction of sp³-hybridized carbons (Fsp3) is 0.375. The minimum atomic E-state index is -0.703. The number of rotatable bonds is 4. The van der Waals surface area contributed by atoms with Gasteiger partial charge in [-0.15, -0.1) is 0 Å². The van der Waals surface area contributed by atoms with Gasteiger partial charge in [0.05, 0.1) is 16.1 Å². The van der Waals surface area contributed by atoms with Crippen molar-refractivity contribution in [3.63, 3.8) is 0 Å². The van der Waals surface area contributed by atoms with Crippen molar-refractivity contribution >= 4 is 23.1 Å². The van der Waals surface area contributed by atoms with Crippen molar-refractivity contribution in [2.75, 3.05) is 13.7 Å². The zero-order valence-electron chi connectivity index (χ0n) is 17.1. The van der Waals surface area contributed by atoms with Crippen molar-refractivity contribution in [1.82, 2.24) is 5.32 Å². The average Bonchev–Trinajstić information content (AvgIpc) is 2.96. The summed E-state index contributed by atoms with van der Waals surface area (Å²) >= 11 is 5.80. The topological polar surface area (TPSA) is 58.6 Å². The number of aliphatic hydroxyl groups excluding tert-OH is 1. The van der Waals surface area contributed by atoms with E-state index in [4.69, 9.17) is 16.3 Å². The lowest BCUT2D eigenvalue weighted by Gasteiger charge is -2.37. The van der Waals surface area contributed by atoms with Crippen molar-refractivity contribution in [2.45, 2.75) is 38.1 Å². The van der Waals surface area contributed by atoms with Gasteiger partial charge in [-0.1, -0.05) is 29.8 Å². The summed E-state index contributed by atoms with van der Waals surface area (Å²) < 4.78 is 19.2. The molecule has 0 atom stereocenters. The Morgan fingerprint density at radius 3 is 2.53 bits per heavy atom. The van der Waals surface area contributed by atoms with Crippen molar-refractivity contribution < 1.29 is 19.0 Å². The van der Waals surface area contributed by atoms with Crippen molar-refractivity contribution in [2.24, 2.45) is 5.92 Å². The quantitative estimate of drug-likeness (QED) is 0.681. The van der Waals surface area contributed by atoms with E-state index < -0.39 is 11.4 Å². The normalized spacial score (nSPS) is 23.9. The standard InChI is InChI=1S/C24H25ClFNO3/c1-14-3-4-16(17-5-6-19(25)20(26)12-17)11-18(14)21-22(28)24(27-23(21)29)9-7-15(8-10-24)13-30-2/h3-6,11-12,15,28H,7-10,13H2,1-2H3,(H,27,29)/t15-,24-. The third-order valence-electron chi connectivity index (χ3n) is 6.39. The van der Waals surface area contributed by atoms with Gasteiger partial charge in [-0.25, -0.2) is 4.39 Å². The lowest BCUT2D eigenvalue weighted by molar-refractivity contribution is -0.116. The van der Waals surface area contributed by atoms with E-state index >= 15 is 0 Å². The Morgan fingerprint density at radius 2 is 1.87 bits per heavy atom. The van der Waals surface area contributed by atoms with Gasteiger partial charge < -0.3 is 15.2 Å². The summed E-state index contributed by atoms with van der Waals surface area (Å²) in [5.41, 5.74) is 2.55. The number of carbonyl (C=O) groups excluding carboxylic acids is 1. The molecule has 0 radical (unpaired) electrons. The van der Waals surface area contributed by atoms with Crippen molar-refractivity contribution in [3.8, 4) is 11.1 Å². The molecule has 1 amide bonds. The molecular weight excluding hydrogens is 405 g/mol. The van der Waals surface area contributed by atoms with Gasteiger partial charge in [0, 0.05) is 13.7 Å². The molecule has 2 N–H and O–H groups in total. The number of methoxy groups -OCH3 is 1. The summed E-state index contributed by atoms with van der Waals surface area (Å²) in [7, 11) is 1.69. The van der Waals surface area contributed by atoms with Gasteiger partial charge in [0.1, 0.15) is 11.6 Å². The molecule has 158 valence electrons. The van der Waals surface area contributed by atoms with E-state index in [1.807, 2.05) is 25.1 Å². The Hall–Kier alpha value is -2.37. The monoisotopic (exact) mass is 429 g/mol. The highest BCUT2D eigenvalue weighted by atomic mass is 35.5. The maximum Gasteiger partial charge on any atom is 0.256 e. The molecule has 30 heavy (non-hydrogen) atoms. The van der Waals surface area contributed by atoms with Gasteiger partial charge in [0.15, 0.2) is 0 Å². The predicted molar refractivity (Wildman–Crippen MR) is 116 cm³/mol. The summed E-state index contributed by atoms with van der Waals surface area (Å²) in [4.78, 5) is 12.9. The number of hydrogen-bond acceptors (Lipinski definition) is 3. The van der Waals surface area contributed by atoms with E-state index in [-0.39, 0.29) is 16.7 Å². The van der Waals surface area contributed by atoms with Gasteiger partial charge in [0.25, 0.3) is 5.91 Å². The summed E-state index contributed by atoms with van der Waals surface area (Å²) in [5.74, 6) is -0.200. The van der Waals surface area contributed by atoms with E-state index in [1.165, 1.54) is 12.1 Å². The van der Waals surface area contributed by atoms with Crippen LogP contribution in [0.2, 0.25) is 5.02 Å². The maximum absolute atomic E-state index is 13.9. The number of aryl methyl sites for hydroxylation is 1. The lowest BCUT2D eigenvalue weighted by Crippen LogP contribution is -2.47. The lowest BCUT2D eigenvalue weighted by atomic mass is 9.76. The average molecular weight is 430 g/mol. The molecule has 1 aliphatic heterocycles. The van der Waals surface area contributed by atoms with Gasteiger partial charge in [0.2, 0.25) is 0 Å². The molecule has 1 saturated carbocycles. The third-order valence-corrected chi connectivity index (χ3v) is 6.70. The van der Waals surface area contributed by atoms with Crippen LogP contribution in [-0.4, -0.2) is 30.3 Å². The zero-order chi connectivity index (χ0) is 21.5. The highest BCUT2D eigenvalue weighted by molar-refractivity contribution is 6.30. The van der Waals surface area contributed by atoms with Gasteiger partial charge >= 0.3 is 0 Å². The number of carbonyl (C=O) groups is 1. The highest BCUT2D eigenvalue weighted by Gasteiger charge is 2.48. The first-order valence-corrected chi connectivity index (χ1v) is 10.5. The van der Waals surface area contributed by atoms with E-state index in [0.717, 1.165) is 24.0 Å². The molecule has 0 aromatic heterocycles. The first-order valence-electron chi connectivity index (χ1n) is 10.2. The zero-order valence-corrected chi connectivity index (χ0v) is 17.9. The molecule has 0 bridgehead atoms. The fourth-order valence-electron chi connectivity index (χ4n) is 4.62. The van der Waals surface area contributed by atoms with Crippen LogP contribution in [-0.2, 0) is 9.53 Å². The number of nitrogens with one attached hydrogen (secondary N) is 1. The molecule has 1 heterocycles. The molecule has 6 heteroatoms. The summed E-state index contributed by atoms with van der Waals surface area (Å²) in [6.45, 7) is 2.59. The van der Waals surface area contributed by atoms with Crippen LogP contribution < -0.4 is 5.32 Å². The molecule has 1 aliphatic carbocycles. The molecule has 2 aliphatic rings. The summed E-state index contributed by atoms with van der Waals surface area (Å²) in [6.07, 6.45) is 3.13. The molecule has 2 aromatic carbocycles. The van der Waals surface area contributed by atoms with Crippen LogP contribution in [0.1, 0.15) is 36.8 Å².